The molecule has 1 aliphatic heterocycles. The number of carbonyl (C=O) groups is 3. The summed E-state index contributed by atoms with van der Waals surface area (Å²) in [7, 11) is 0. The van der Waals surface area contributed by atoms with Gasteiger partial charge in [-0.1, -0.05) is 42.5 Å². The van der Waals surface area contributed by atoms with Gasteiger partial charge in [-0.3, -0.25) is 19.3 Å². The first-order chi connectivity index (χ1) is 14.1. The van der Waals surface area contributed by atoms with Gasteiger partial charge in [0, 0.05) is 13.0 Å². The molecule has 0 unspecified atom stereocenters. The molecule has 6 nitrogen and oxygen atoms in total. The highest BCUT2D eigenvalue weighted by Gasteiger charge is 2.34. The smallest absolute Gasteiger partial charge is 0.261 e. The van der Waals surface area contributed by atoms with Crippen molar-refractivity contribution < 1.29 is 18.8 Å². The van der Waals surface area contributed by atoms with Crippen molar-refractivity contribution in [2.45, 2.75) is 18.9 Å². The standard InChI is InChI=1S/C23H20N2O4/c26-20(24-21(19-12-7-15-29-19)16-8-2-1-3-9-16)13-6-14-25-22(27)17-10-4-5-11-18(17)23(25)28/h1-5,7-12,15,21H,6,13-14H2,(H,24,26)/t21-/m0/s1. The van der Waals surface area contributed by atoms with E-state index in [0.717, 1.165) is 5.56 Å². The zero-order valence-electron chi connectivity index (χ0n) is 15.7. The Morgan fingerprint density at radius 3 is 2.17 bits per heavy atom. The Hall–Kier alpha value is -3.67. The molecule has 1 aliphatic rings. The number of benzene rings is 2. The Balaban J connectivity index is 1.36. The Morgan fingerprint density at radius 2 is 1.55 bits per heavy atom. The van der Waals surface area contributed by atoms with Gasteiger partial charge in [-0.25, -0.2) is 0 Å². The molecule has 3 amide bonds. The molecule has 0 saturated heterocycles. The van der Waals surface area contributed by atoms with Crippen molar-refractivity contribution in [3.8, 4) is 0 Å². The molecule has 146 valence electrons. The normalized spacial score (nSPS) is 14.0. The molecule has 1 N–H and O–H groups in total. The summed E-state index contributed by atoms with van der Waals surface area (Å²) in [5, 5.41) is 2.98. The maximum Gasteiger partial charge on any atom is 0.261 e. The second kappa shape index (κ2) is 8.14. The first-order valence-corrected chi connectivity index (χ1v) is 9.48. The van der Waals surface area contributed by atoms with Crippen LogP contribution in [0.2, 0.25) is 0 Å². The molecule has 0 radical (unpaired) electrons. The number of nitrogens with zero attached hydrogens (tertiary/aromatic N) is 1. The maximum absolute atomic E-state index is 12.5. The third kappa shape index (κ3) is 3.82. The van der Waals surface area contributed by atoms with Gasteiger partial charge < -0.3 is 9.73 Å². The molecule has 2 heterocycles. The summed E-state index contributed by atoms with van der Waals surface area (Å²) in [6, 6.07) is 19.5. The second-order valence-corrected chi connectivity index (χ2v) is 6.84. The quantitative estimate of drug-likeness (QED) is 0.628. The fourth-order valence-electron chi connectivity index (χ4n) is 3.49. The van der Waals surface area contributed by atoms with Crippen molar-refractivity contribution >= 4 is 17.7 Å². The van der Waals surface area contributed by atoms with Crippen LogP contribution in [0.15, 0.2) is 77.4 Å². The predicted octanol–water partition coefficient (Wildman–Crippen LogP) is 3.56. The van der Waals surface area contributed by atoms with Crippen molar-refractivity contribution in [2.75, 3.05) is 6.54 Å². The van der Waals surface area contributed by atoms with E-state index in [1.807, 2.05) is 36.4 Å². The summed E-state index contributed by atoms with van der Waals surface area (Å²) >= 11 is 0. The van der Waals surface area contributed by atoms with Crippen LogP contribution in [0.5, 0.6) is 0 Å². The number of hydrogen-bond donors (Lipinski definition) is 1. The van der Waals surface area contributed by atoms with Gasteiger partial charge in [-0.15, -0.1) is 0 Å². The van der Waals surface area contributed by atoms with E-state index in [2.05, 4.69) is 5.32 Å². The zero-order chi connectivity index (χ0) is 20.2. The van der Waals surface area contributed by atoms with Gasteiger partial charge in [0.2, 0.25) is 5.91 Å². The van der Waals surface area contributed by atoms with Gasteiger partial charge in [-0.05, 0) is 36.2 Å². The van der Waals surface area contributed by atoms with Gasteiger partial charge in [0.1, 0.15) is 11.8 Å². The summed E-state index contributed by atoms with van der Waals surface area (Å²) in [6.45, 7) is 0.205. The van der Waals surface area contributed by atoms with E-state index in [0.29, 0.717) is 23.3 Å². The molecule has 0 spiro atoms. The van der Waals surface area contributed by atoms with E-state index >= 15 is 0 Å². The lowest BCUT2D eigenvalue weighted by Crippen LogP contribution is -2.33. The van der Waals surface area contributed by atoms with Crippen molar-refractivity contribution in [1.82, 2.24) is 10.2 Å². The molecule has 2 aromatic carbocycles. The number of amides is 3. The molecule has 1 atom stereocenters. The predicted molar refractivity (Wildman–Crippen MR) is 106 cm³/mol. The lowest BCUT2D eigenvalue weighted by molar-refractivity contribution is -0.121. The molecule has 6 heteroatoms. The highest BCUT2D eigenvalue weighted by atomic mass is 16.3. The number of nitrogens with one attached hydrogen (secondary N) is 1. The first-order valence-electron chi connectivity index (χ1n) is 9.48. The van der Waals surface area contributed by atoms with Crippen LogP contribution in [0, 0.1) is 0 Å². The van der Waals surface area contributed by atoms with Crippen LogP contribution < -0.4 is 5.32 Å². The Morgan fingerprint density at radius 1 is 0.897 bits per heavy atom. The van der Waals surface area contributed by atoms with Gasteiger partial charge in [0.05, 0.1) is 17.4 Å². The number of imide groups is 1. The van der Waals surface area contributed by atoms with Gasteiger partial charge >= 0.3 is 0 Å². The van der Waals surface area contributed by atoms with Crippen LogP contribution in [0.1, 0.15) is 50.9 Å². The lowest BCUT2D eigenvalue weighted by atomic mass is 10.0. The molecule has 1 aromatic heterocycles. The Bertz CT molecular complexity index is 993. The maximum atomic E-state index is 12.5. The van der Waals surface area contributed by atoms with Crippen LogP contribution in [-0.2, 0) is 4.79 Å². The number of rotatable bonds is 7. The van der Waals surface area contributed by atoms with E-state index in [9.17, 15) is 14.4 Å². The topological polar surface area (TPSA) is 79.6 Å². The zero-order valence-corrected chi connectivity index (χ0v) is 15.7. The third-order valence-corrected chi connectivity index (χ3v) is 4.93. The first kappa shape index (κ1) is 18.7. The van der Waals surface area contributed by atoms with E-state index in [4.69, 9.17) is 4.42 Å². The van der Waals surface area contributed by atoms with Crippen molar-refractivity contribution in [3.63, 3.8) is 0 Å². The number of fused-ring (bicyclic) bond motifs is 1. The summed E-state index contributed by atoms with van der Waals surface area (Å²) in [4.78, 5) is 38.5. The van der Waals surface area contributed by atoms with Crippen molar-refractivity contribution in [3.05, 3.63) is 95.4 Å². The molecular formula is C23H20N2O4. The molecule has 3 aromatic rings. The molecule has 0 saturated carbocycles. The van der Waals surface area contributed by atoms with Gasteiger partial charge in [0.25, 0.3) is 11.8 Å². The second-order valence-electron chi connectivity index (χ2n) is 6.84. The minimum atomic E-state index is -0.391. The average Bonchev–Trinajstić information content (AvgIpc) is 3.36. The third-order valence-electron chi connectivity index (χ3n) is 4.93. The summed E-state index contributed by atoms with van der Waals surface area (Å²) in [6.07, 6.45) is 2.15. The fourth-order valence-corrected chi connectivity index (χ4v) is 3.49. The monoisotopic (exact) mass is 388 g/mol. The number of hydrogen-bond acceptors (Lipinski definition) is 4. The number of furan rings is 1. The molecule has 29 heavy (non-hydrogen) atoms. The molecule has 0 fully saturated rings. The summed E-state index contributed by atoms with van der Waals surface area (Å²) in [5.74, 6) is -0.135. The average molecular weight is 388 g/mol. The molecule has 0 bridgehead atoms. The lowest BCUT2D eigenvalue weighted by Gasteiger charge is -2.18. The minimum Gasteiger partial charge on any atom is -0.467 e. The van der Waals surface area contributed by atoms with E-state index in [-0.39, 0.29) is 30.7 Å². The van der Waals surface area contributed by atoms with Crippen LogP contribution in [-0.4, -0.2) is 29.2 Å². The van der Waals surface area contributed by atoms with Crippen LogP contribution in [0.25, 0.3) is 0 Å². The Labute approximate surface area is 168 Å². The van der Waals surface area contributed by atoms with E-state index < -0.39 is 6.04 Å². The highest BCUT2D eigenvalue weighted by molar-refractivity contribution is 6.21. The Kier molecular flexibility index (Phi) is 5.24. The van der Waals surface area contributed by atoms with Crippen molar-refractivity contribution in [2.24, 2.45) is 0 Å². The van der Waals surface area contributed by atoms with Crippen LogP contribution in [0.3, 0.4) is 0 Å². The minimum absolute atomic E-state index is 0.174. The fraction of sp³-hybridized carbons (Fsp3) is 0.174. The van der Waals surface area contributed by atoms with Crippen molar-refractivity contribution in [1.29, 1.82) is 0 Å². The van der Waals surface area contributed by atoms with Gasteiger partial charge in [0.15, 0.2) is 0 Å². The van der Waals surface area contributed by atoms with Crippen LogP contribution >= 0.6 is 0 Å². The highest BCUT2D eigenvalue weighted by Crippen LogP contribution is 2.24. The van der Waals surface area contributed by atoms with E-state index in [1.54, 1.807) is 36.6 Å². The SMILES string of the molecule is O=C(CCCN1C(=O)c2ccccc2C1=O)N[C@@H](c1ccccc1)c1ccco1. The molecule has 4 rings (SSSR count). The van der Waals surface area contributed by atoms with Gasteiger partial charge in [-0.2, -0.15) is 0 Å². The van der Waals surface area contributed by atoms with Crippen LogP contribution in [0.4, 0.5) is 0 Å². The molecular weight excluding hydrogens is 368 g/mol. The summed E-state index contributed by atoms with van der Waals surface area (Å²) < 4.78 is 5.49. The number of carbonyl (C=O) groups excluding carboxylic acids is 3. The largest absolute Gasteiger partial charge is 0.467 e. The summed E-state index contributed by atoms with van der Waals surface area (Å²) in [5.41, 5.74) is 1.75. The van der Waals surface area contributed by atoms with E-state index in [1.165, 1.54) is 4.90 Å². The molecule has 0 aliphatic carbocycles.